The molecule has 2 fully saturated rings. The van der Waals surface area contributed by atoms with Gasteiger partial charge in [0.15, 0.2) is 5.65 Å². The topological polar surface area (TPSA) is 82.4 Å². The molecule has 1 unspecified atom stereocenters. The van der Waals surface area contributed by atoms with Crippen molar-refractivity contribution in [3.8, 4) is 11.3 Å². The molecule has 6 heterocycles. The smallest absolute Gasteiger partial charge is 0.239 e. The van der Waals surface area contributed by atoms with Gasteiger partial charge in [-0.05, 0) is 69.0 Å². The number of carbonyl (C=O) groups excluding carboxylic acids is 1. The number of rotatable bonds is 4. The Hall–Kier alpha value is -3.26. The maximum absolute atomic E-state index is 12.5. The lowest BCUT2D eigenvalue weighted by Crippen LogP contribution is -2.45. The highest BCUT2D eigenvalue weighted by Gasteiger charge is 2.36. The van der Waals surface area contributed by atoms with E-state index in [1.807, 2.05) is 22.7 Å². The fraction of sp³-hybridized carbons (Fsp3) is 0.481. The molecule has 0 saturated carbocycles. The van der Waals surface area contributed by atoms with Gasteiger partial charge in [0.1, 0.15) is 6.33 Å². The van der Waals surface area contributed by atoms with E-state index in [0.717, 1.165) is 72.4 Å². The number of aromatic amines is 1. The van der Waals surface area contributed by atoms with E-state index in [0.29, 0.717) is 11.8 Å². The number of likely N-dealkylation sites (tertiary alicyclic amines) is 2. The van der Waals surface area contributed by atoms with Crippen LogP contribution in [0, 0.1) is 6.92 Å². The molecule has 0 spiro atoms. The lowest BCUT2D eigenvalue weighted by Gasteiger charge is -2.34. The zero-order chi connectivity index (χ0) is 24.3. The van der Waals surface area contributed by atoms with Gasteiger partial charge in [0.25, 0.3) is 0 Å². The Bertz CT molecular complexity index is 1410. The Morgan fingerprint density at radius 1 is 1.11 bits per heavy atom. The molecule has 8 nitrogen and oxygen atoms in total. The molecular formula is C27H33N7O. The van der Waals surface area contributed by atoms with Crippen LogP contribution in [0.3, 0.4) is 0 Å². The summed E-state index contributed by atoms with van der Waals surface area (Å²) < 4.78 is 1.85. The van der Waals surface area contributed by atoms with Crippen molar-refractivity contribution in [3.63, 3.8) is 0 Å². The number of hydrogen-bond acceptors (Lipinski definition) is 5. The molecule has 1 atom stereocenters. The maximum Gasteiger partial charge on any atom is 0.239 e. The van der Waals surface area contributed by atoms with Gasteiger partial charge < -0.3 is 9.88 Å². The molecule has 1 N–H and O–H groups in total. The molecule has 0 aliphatic carbocycles. The molecule has 4 aromatic heterocycles. The van der Waals surface area contributed by atoms with Crippen molar-refractivity contribution < 1.29 is 4.79 Å². The summed E-state index contributed by atoms with van der Waals surface area (Å²) in [5, 5.41) is 4.36. The highest BCUT2D eigenvalue weighted by molar-refractivity contribution is 5.89. The molecule has 0 radical (unpaired) electrons. The normalized spacial score (nSPS) is 20.2. The summed E-state index contributed by atoms with van der Waals surface area (Å²) >= 11 is 0. The van der Waals surface area contributed by atoms with E-state index < -0.39 is 0 Å². The largest absolute Gasteiger partial charge is 0.353 e. The number of amides is 1. The first-order chi connectivity index (χ1) is 16.9. The number of piperidine rings is 1. The molecule has 35 heavy (non-hydrogen) atoms. The van der Waals surface area contributed by atoms with Crippen LogP contribution in [0.5, 0.6) is 0 Å². The van der Waals surface area contributed by atoms with E-state index in [1.54, 1.807) is 6.33 Å². The molecular weight excluding hydrogens is 438 g/mol. The third-order valence-electron chi connectivity index (χ3n) is 7.91. The standard InChI is InChI=1S/C27H33N7O/c1-16(2)23-24(19-13-17(3)26-28-15-29-34(26)14-19)31-21-6-5-20(30-25(21)23)18-7-11-33(12-8-18)22-9-10-32(4)27(22)35/h5-6,13-16,18,22,31H,7-12H2,1-4H3. The number of nitrogens with one attached hydrogen (secondary N) is 1. The van der Waals surface area contributed by atoms with Gasteiger partial charge in [0.05, 0.1) is 22.8 Å². The Morgan fingerprint density at radius 2 is 1.91 bits per heavy atom. The zero-order valence-electron chi connectivity index (χ0n) is 21.0. The van der Waals surface area contributed by atoms with Crippen LogP contribution in [-0.4, -0.2) is 73.0 Å². The number of likely N-dealkylation sites (N-methyl/N-ethyl adjacent to an activating group) is 1. The first kappa shape index (κ1) is 22.2. The van der Waals surface area contributed by atoms with Crippen molar-refractivity contribution in [2.45, 2.75) is 57.9 Å². The number of aryl methyl sites for hydroxylation is 1. The Labute approximate surface area is 205 Å². The number of pyridine rings is 2. The second kappa shape index (κ2) is 8.45. The van der Waals surface area contributed by atoms with Crippen molar-refractivity contribution in [3.05, 3.63) is 47.5 Å². The Kier molecular flexibility index (Phi) is 5.36. The van der Waals surface area contributed by atoms with E-state index in [4.69, 9.17) is 4.98 Å². The monoisotopic (exact) mass is 471 g/mol. The van der Waals surface area contributed by atoms with Crippen LogP contribution < -0.4 is 0 Å². The van der Waals surface area contributed by atoms with E-state index in [-0.39, 0.29) is 11.9 Å². The van der Waals surface area contributed by atoms with Gasteiger partial charge in [-0.15, -0.1) is 0 Å². The second-order valence-electron chi connectivity index (χ2n) is 10.5. The minimum absolute atomic E-state index is 0.0712. The summed E-state index contributed by atoms with van der Waals surface area (Å²) in [6.45, 7) is 9.33. The number of H-pyrrole nitrogens is 1. The van der Waals surface area contributed by atoms with Gasteiger partial charge >= 0.3 is 0 Å². The third kappa shape index (κ3) is 3.71. The number of carbonyl (C=O) groups is 1. The van der Waals surface area contributed by atoms with Crippen molar-refractivity contribution in [1.82, 2.24) is 34.4 Å². The van der Waals surface area contributed by atoms with Crippen LogP contribution in [0.25, 0.3) is 27.9 Å². The van der Waals surface area contributed by atoms with Crippen LogP contribution >= 0.6 is 0 Å². The lowest BCUT2D eigenvalue weighted by molar-refractivity contribution is -0.131. The van der Waals surface area contributed by atoms with Crippen LogP contribution in [0.15, 0.2) is 30.7 Å². The molecule has 6 rings (SSSR count). The lowest BCUT2D eigenvalue weighted by atomic mass is 9.91. The Balaban J connectivity index is 1.31. The predicted molar refractivity (Wildman–Crippen MR) is 136 cm³/mol. The number of fused-ring (bicyclic) bond motifs is 2. The van der Waals surface area contributed by atoms with Gasteiger partial charge in [0.2, 0.25) is 5.91 Å². The second-order valence-corrected chi connectivity index (χ2v) is 10.5. The molecule has 8 heteroatoms. The average molecular weight is 472 g/mol. The predicted octanol–water partition coefficient (Wildman–Crippen LogP) is 4.11. The van der Waals surface area contributed by atoms with Crippen molar-refractivity contribution in [2.75, 3.05) is 26.7 Å². The SMILES string of the molecule is Cc1cc(-c2[nH]c3ccc(C4CCN(C5CCN(C)C5=O)CC4)nc3c2C(C)C)cn2ncnc12. The first-order valence-corrected chi connectivity index (χ1v) is 12.7. The number of aromatic nitrogens is 5. The van der Waals surface area contributed by atoms with Gasteiger partial charge in [-0.1, -0.05) is 13.8 Å². The fourth-order valence-corrected chi connectivity index (χ4v) is 6.00. The highest BCUT2D eigenvalue weighted by Crippen LogP contribution is 2.37. The first-order valence-electron chi connectivity index (χ1n) is 12.7. The molecule has 1 amide bonds. The summed E-state index contributed by atoms with van der Waals surface area (Å²) in [5.74, 6) is 1.03. The van der Waals surface area contributed by atoms with E-state index in [2.05, 4.69) is 58.9 Å². The minimum Gasteiger partial charge on any atom is -0.353 e. The number of hydrogen-bond donors (Lipinski definition) is 1. The molecule has 182 valence electrons. The average Bonchev–Trinajstić information content (AvgIpc) is 3.56. The summed E-state index contributed by atoms with van der Waals surface area (Å²) in [4.78, 5) is 30.0. The minimum atomic E-state index is 0.0712. The van der Waals surface area contributed by atoms with Gasteiger partial charge in [0, 0.05) is 42.5 Å². The van der Waals surface area contributed by atoms with E-state index >= 15 is 0 Å². The van der Waals surface area contributed by atoms with Crippen LogP contribution in [-0.2, 0) is 4.79 Å². The van der Waals surface area contributed by atoms with Crippen molar-refractivity contribution in [1.29, 1.82) is 0 Å². The molecule has 4 aromatic rings. The zero-order valence-corrected chi connectivity index (χ0v) is 21.0. The molecule has 0 bridgehead atoms. The molecule has 0 aromatic carbocycles. The quantitative estimate of drug-likeness (QED) is 0.484. The van der Waals surface area contributed by atoms with Gasteiger partial charge in [-0.25, -0.2) is 9.50 Å². The van der Waals surface area contributed by atoms with Crippen molar-refractivity contribution >= 4 is 22.6 Å². The summed E-state index contributed by atoms with van der Waals surface area (Å²) in [7, 11) is 1.91. The van der Waals surface area contributed by atoms with Crippen LogP contribution in [0.1, 0.15) is 61.8 Å². The highest BCUT2D eigenvalue weighted by atomic mass is 16.2. The van der Waals surface area contributed by atoms with Gasteiger partial charge in [-0.3, -0.25) is 14.7 Å². The van der Waals surface area contributed by atoms with E-state index in [9.17, 15) is 4.79 Å². The fourth-order valence-electron chi connectivity index (χ4n) is 6.00. The van der Waals surface area contributed by atoms with Crippen LogP contribution in [0.2, 0.25) is 0 Å². The maximum atomic E-state index is 12.5. The summed E-state index contributed by atoms with van der Waals surface area (Å²) in [6, 6.07) is 6.63. The molecule has 2 saturated heterocycles. The van der Waals surface area contributed by atoms with E-state index in [1.165, 1.54) is 11.3 Å². The van der Waals surface area contributed by atoms with Gasteiger partial charge in [-0.2, -0.15) is 5.10 Å². The van der Waals surface area contributed by atoms with Crippen LogP contribution in [0.4, 0.5) is 0 Å². The molecule has 2 aliphatic heterocycles. The third-order valence-corrected chi connectivity index (χ3v) is 7.91. The van der Waals surface area contributed by atoms with Crippen molar-refractivity contribution in [2.24, 2.45) is 0 Å². The Morgan fingerprint density at radius 3 is 2.63 bits per heavy atom. The summed E-state index contributed by atoms with van der Waals surface area (Å²) in [6.07, 6.45) is 6.68. The number of nitrogens with zero attached hydrogens (tertiary/aromatic N) is 6. The molecule has 2 aliphatic rings. The summed E-state index contributed by atoms with van der Waals surface area (Å²) in [5.41, 5.74) is 8.75.